The highest BCUT2D eigenvalue weighted by Crippen LogP contribution is 2.27. The van der Waals surface area contributed by atoms with Crippen molar-refractivity contribution in [3.8, 4) is 0 Å². The smallest absolute Gasteiger partial charge is 0.0415 e. The van der Waals surface area contributed by atoms with Crippen molar-refractivity contribution in [2.45, 2.75) is 19.4 Å². The molecule has 94 valence electrons. The van der Waals surface area contributed by atoms with Gasteiger partial charge in [0.25, 0.3) is 0 Å². The molecular formula is C13H20N2OS. The van der Waals surface area contributed by atoms with Crippen molar-refractivity contribution >= 4 is 16.5 Å². The lowest BCUT2D eigenvalue weighted by Crippen LogP contribution is -2.38. The number of nitrogens with two attached hydrogens (primary N) is 1. The fourth-order valence-electron chi connectivity index (χ4n) is 2.19. The summed E-state index contributed by atoms with van der Waals surface area (Å²) in [5, 5.41) is 0. The average molecular weight is 252 g/mol. The van der Waals surface area contributed by atoms with E-state index in [4.69, 9.17) is 5.73 Å². The number of nitrogens with zero attached hydrogens (tertiary/aromatic N) is 1. The summed E-state index contributed by atoms with van der Waals surface area (Å²) in [6.45, 7) is 3.85. The van der Waals surface area contributed by atoms with E-state index >= 15 is 0 Å². The van der Waals surface area contributed by atoms with Crippen molar-refractivity contribution in [2.24, 2.45) is 5.73 Å². The molecular weight excluding hydrogens is 232 g/mol. The van der Waals surface area contributed by atoms with Crippen molar-refractivity contribution in [1.29, 1.82) is 0 Å². The first-order valence-corrected chi connectivity index (χ1v) is 7.65. The van der Waals surface area contributed by atoms with E-state index in [0.717, 1.165) is 31.0 Å². The molecule has 17 heavy (non-hydrogen) atoms. The molecule has 0 bridgehead atoms. The highest BCUT2D eigenvalue weighted by atomic mass is 32.2. The second-order valence-corrected chi connectivity index (χ2v) is 6.10. The predicted molar refractivity (Wildman–Crippen MR) is 73.8 cm³/mol. The van der Waals surface area contributed by atoms with Gasteiger partial charge in [-0.15, -0.1) is 0 Å². The van der Waals surface area contributed by atoms with Crippen LogP contribution >= 0.6 is 0 Å². The third-order valence-corrected chi connectivity index (χ3v) is 4.57. The summed E-state index contributed by atoms with van der Waals surface area (Å²) in [5.41, 5.74) is 8.57. The molecule has 0 amide bonds. The molecule has 0 radical (unpaired) electrons. The molecule has 0 aromatic heterocycles. The topological polar surface area (TPSA) is 46.3 Å². The largest absolute Gasteiger partial charge is 0.369 e. The number of hydrogen-bond acceptors (Lipinski definition) is 3. The molecule has 1 aliphatic heterocycles. The Bertz CT molecular complexity index is 398. The second kappa shape index (κ2) is 5.65. The molecule has 1 atom stereocenters. The molecule has 3 nitrogen and oxygen atoms in total. The van der Waals surface area contributed by atoms with E-state index in [0.29, 0.717) is 0 Å². The maximum absolute atomic E-state index is 11.4. The minimum absolute atomic E-state index is 0.0959. The highest BCUT2D eigenvalue weighted by molar-refractivity contribution is 7.85. The van der Waals surface area contributed by atoms with E-state index in [-0.39, 0.29) is 6.04 Å². The quantitative estimate of drug-likeness (QED) is 0.890. The summed E-state index contributed by atoms with van der Waals surface area (Å²) in [7, 11) is -0.627. The molecule has 1 heterocycles. The Labute approximate surface area is 105 Å². The molecule has 0 saturated carbocycles. The van der Waals surface area contributed by atoms with Gasteiger partial charge >= 0.3 is 0 Å². The first-order chi connectivity index (χ1) is 8.22. The van der Waals surface area contributed by atoms with Gasteiger partial charge in [0.2, 0.25) is 0 Å². The van der Waals surface area contributed by atoms with Gasteiger partial charge in [0, 0.05) is 47.1 Å². The molecule has 1 aromatic carbocycles. The lowest BCUT2D eigenvalue weighted by molar-refractivity contribution is 0.669. The van der Waals surface area contributed by atoms with Crippen LogP contribution in [0.4, 0.5) is 5.69 Å². The molecule has 1 saturated heterocycles. The molecule has 4 heteroatoms. The summed E-state index contributed by atoms with van der Waals surface area (Å²) in [4.78, 5) is 2.31. The van der Waals surface area contributed by atoms with E-state index in [2.05, 4.69) is 24.0 Å². The third kappa shape index (κ3) is 2.87. The number of anilines is 1. The van der Waals surface area contributed by atoms with Crippen LogP contribution in [0.25, 0.3) is 0 Å². The van der Waals surface area contributed by atoms with Gasteiger partial charge in [-0.25, -0.2) is 0 Å². The molecule has 2 rings (SSSR count). The van der Waals surface area contributed by atoms with Crippen molar-refractivity contribution in [1.82, 2.24) is 0 Å². The zero-order chi connectivity index (χ0) is 12.3. The lowest BCUT2D eigenvalue weighted by atomic mass is 10.0. The third-order valence-electron chi connectivity index (χ3n) is 3.29. The summed E-state index contributed by atoms with van der Waals surface area (Å²) in [5.74, 6) is 1.55. The van der Waals surface area contributed by atoms with Gasteiger partial charge < -0.3 is 10.6 Å². The number of benzene rings is 1. The summed E-state index contributed by atoms with van der Waals surface area (Å²) >= 11 is 0. The molecule has 1 aliphatic rings. The molecule has 1 aromatic rings. The van der Waals surface area contributed by atoms with Gasteiger partial charge in [0.05, 0.1) is 0 Å². The van der Waals surface area contributed by atoms with E-state index in [9.17, 15) is 4.21 Å². The molecule has 0 aliphatic carbocycles. The van der Waals surface area contributed by atoms with Crippen LogP contribution in [0.2, 0.25) is 0 Å². The minimum atomic E-state index is -0.627. The number of rotatable bonds is 3. The van der Waals surface area contributed by atoms with Gasteiger partial charge in [0.1, 0.15) is 0 Å². The van der Waals surface area contributed by atoms with E-state index in [1.165, 1.54) is 11.3 Å². The Kier molecular flexibility index (Phi) is 4.18. The van der Waals surface area contributed by atoms with Crippen molar-refractivity contribution in [3.05, 3.63) is 29.8 Å². The Balaban J connectivity index is 2.22. The second-order valence-electron chi connectivity index (χ2n) is 4.41. The van der Waals surface area contributed by atoms with Crippen LogP contribution in [0.1, 0.15) is 24.9 Å². The summed E-state index contributed by atoms with van der Waals surface area (Å²) in [6, 6.07) is 8.41. The standard InChI is InChI=1S/C13H20N2OS/c1-2-12(14)11-5-3-4-6-13(11)15-7-9-17(16)10-8-15/h3-6,12H,2,7-10,14H2,1H3/t12-/m1/s1. The van der Waals surface area contributed by atoms with Gasteiger partial charge in [-0.05, 0) is 18.1 Å². The Hall–Kier alpha value is -0.870. The van der Waals surface area contributed by atoms with Gasteiger partial charge in [-0.1, -0.05) is 25.1 Å². The van der Waals surface area contributed by atoms with Crippen LogP contribution < -0.4 is 10.6 Å². The first-order valence-electron chi connectivity index (χ1n) is 6.16. The maximum Gasteiger partial charge on any atom is 0.0415 e. The fraction of sp³-hybridized carbons (Fsp3) is 0.538. The molecule has 0 spiro atoms. The number of hydrogen-bond donors (Lipinski definition) is 1. The SMILES string of the molecule is CC[C@@H](N)c1ccccc1N1CCS(=O)CC1. The Morgan fingerprint density at radius 2 is 2.00 bits per heavy atom. The predicted octanol–water partition coefficient (Wildman–Crippen LogP) is 1.67. The number of para-hydroxylation sites is 1. The summed E-state index contributed by atoms with van der Waals surface area (Å²) < 4.78 is 11.4. The average Bonchev–Trinajstić information content (AvgIpc) is 2.39. The van der Waals surface area contributed by atoms with Crippen LogP contribution in [0, 0.1) is 0 Å². The van der Waals surface area contributed by atoms with E-state index < -0.39 is 10.8 Å². The monoisotopic (exact) mass is 252 g/mol. The van der Waals surface area contributed by atoms with Crippen LogP contribution in [0.5, 0.6) is 0 Å². The van der Waals surface area contributed by atoms with Crippen LogP contribution in [0.15, 0.2) is 24.3 Å². The maximum atomic E-state index is 11.4. The minimum Gasteiger partial charge on any atom is -0.369 e. The zero-order valence-electron chi connectivity index (χ0n) is 10.3. The first kappa shape index (κ1) is 12.6. The van der Waals surface area contributed by atoms with Gasteiger partial charge in [-0.2, -0.15) is 0 Å². The van der Waals surface area contributed by atoms with Crippen LogP contribution in [-0.4, -0.2) is 28.8 Å². The van der Waals surface area contributed by atoms with Crippen molar-refractivity contribution in [3.63, 3.8) is 0 Å². The zero-order valence-corrected chi connectivity index (χ0v) is 11.1. The summed E-state index contributed by atoms with van der Waals surface area (Å²) in [6.07, 6.45) is 0.941. The van der Waals surface area contributed by atoms with Crippen LogP contribution in [-0.2, 0) is 10.8 Å². The molecule has 2 N–H and O–H groups in total. The Morgan fingerprint density at radius 3 is 2.65 bits per heavy atom. The van der Waals surface area contributed by atoms with Crippen molar-refractivity contribution < 1.29 is 4.21 Å². The highest BCUT2D eigenvalue weighted by Gasteiger charge is 2.19. The molecule has 0 unspecified atom stereocenters. The fourth-order valence-corrected chi connectivity index (χ4v) is 3.24. The van der Waals surface area contributed by atoms with E-state index in [1.807, 2.05) is 12.1 Å². The van der Waals surface area contributed by atoms with Gasteiger partial charge in [0.15, 0.2) is 0 Å². The molecule has 1 fully saturated rings. The van der Waals surface area contributed by atoms with Gasteiger partial charge in [-0.3, -0.25) is 4.21 Å². The van der Waals surface area contributed by atoms with Crippen LogP contribution in [0.3, 0.4) is 0 Å². The van der Waals surface area contributed by atoms with Crippen molar-refractivity contribution in [2.75, 3.05) is 29.5 Å². The normalized spacial score (nSPS) is 19.3. The van der Waals surface area contributed by atoms with E-state index in [1.54, 1.807) is 0 Å². The Morgan fingerprint density at radius 1 is 1.35 bits per heavy atom. The lowest BCUT2D eigenvalue weighted by Gasteiger charge is -2.31.